The molecule has 1 fully saturated rings. The van der Waals surface area contributed by atoms with Gasteiger partial charge >= 0.3 is 0 Å². The van der Waals surface area contributed by atoms with Gasteiger partial charge in [0, 0.05) is 6.54 Å². The minimum atomic E-state index is -1.53. The Hall–Kier alpha value is -1.42. The van der Waals surface area contributed by atoms with Gasteiger partial charge in [-0.15, -0.1) is 0 Å². The van der Waals surface area contributed by atoms with Crippen LogP contribution in [0.5, 0.6) is 0 Å². The van der Waals surface area contributed by atoms with E-state index in [1.165, 1.54) is 17.5 Å². The Balaban J connectivity index is 2.02. The number of hydrogen-bond acceptors (Lipinski definition) is 2. The van der Waals surface area contributed by atoms with Crippen molar-refractivity contribution in [2.75, 3.05) is 13.3 Å². The highest BCUT2D eigenvalue weighted by Gasteiger charge is 2.44. The molecule has 0 unspecified atom stereocenters. The van der Waals surface area contributed by atoms with Crippen molar-refractivity contribution in [2.24, 2.45) is 0 Å². The minimum absolute atomic E-state index is 0.0534. The number of likely N-dealkylation sites (tertiary alicyclic amines) is 1. The summed E-state index contributed by atoms with van der Waals surface area (Å²) in [7, 11) is -1.53. The number of nitrogens with zero attached hydrogens (tertiary/aromatic N) is 1. The van der Waals surface area contributed by atoms with E-state index in [9.17, 15) is 0 Å². The maximum atomic E-state index is 6.28. The van der Waals surface area contributed by atoms with Gasteiger partial charge in [0.2, 0.25) is 0 Å². The first-order chi connectivity index (χ1) is 11.0. The Labute approximate surface area is 141 Å². The summed E-state index contributed by atoms with van der Waals surface area (Å²) in [6.45, 7) is 8.59. The van der Waals surface area contributed by atoms with E-state index in [4.69, 9.17) is 4.43 Å². The molecular weight excluding hydrogens is 298 g/mol. The average molecular weight is 326 g/mol. The topological polar surface area (TPSA) is 12.5 Å². The van der Waals surface area contributed by atoms with Gasteiger partial charge in [-0.1, -0.05) is 60.7 Å². The molecule has 1 heterocycles. The normalized spacial score (nSPS) is 18.2. The zero-order valence-electron chi connectivity index (χ0n) is 14.5. The van der Waals surface area contributed by atoms with Gasteiger partial charge in [0.05, 0.1) is 12.3 Å². The van der Waals surface area contributed by atoms with E-state index in [1.807, 2.05) is 0 Å². The van der Waals surface area contributed by atoms with Crippen molar-refractivity contribution in [3.8, 4) is 0 Å². The third kappa shape index (κ3) is 3.42. The third-order valence-corrected chi connectivity index (χ3v) is 5.66. The van der Waals surface area contributed by atoms with Crippen LogP contribution in [-0.2, 0) is 9.96 Å². The number of rotatable bonds is 5. The molecule has 0 aliphatic carbocycles. The zero-order chi connectivity index (χ0) is 16.3. The fraction of sp³-hybridized carbons (Fsp3) is 0.400. The lowest BCUT2D eigenvalue weighted by molar-refractivity contribution is 0.0679. The van der Waals surface area contributed by atoms with Crippen LogP contribution in [0.1, 0.15) is 24.0 Å². The van der Waals surface area contributed by atoms with E-state index >= 15 is 0 Å². The lowest BCUT2D eigenvalue weighted by Crippen LogP contribution is -2.45. The van der Waals surface area contributed by atoms with Crippen LogP contribution in [0.3, 0.4) is 0 Å². The Kier molecular flexibility index (Phi) is 4.71. The van der Waals surface area contributed by atoms with Gasteiger partial charge in [-0.3, -0.25) is 4.90 Å². The van der Waals surface area contributed by atoms with Crippen LogP contribution in [0.25, 0.3) is 0 Å². The summed E-state index contributed by atoms with van der Waals surface area (Å²) in [6, 6.07) is 21.8. The van der Waals surface area contributed by atoms with E-state index in [0.717, 1.165) is 19.7 Å². The Morgan fingerprint density at radius 2 is 1.43 bits per heavy atom. The zero-order valence-corrected chi connectivity index (χ0v) is 15.5. The first kappa shape index (κ1) is 16.4. The van der Waals surface area contributed by atoms with Crippen LogP contribution < -0.4 is 0 Å². The molecule has 0 N–H and O–H groups in total. The van der Waals surface area contributed by atoms with Crippen molar-refractivity contribution in [3.05, 3.63) is 71.8 Å². The second-order valence-electron chi connectivity index (χ2n) is 7.35. The maximum Gasteiger partial charge on any atom is 0.185 e. The van der Waals surface area contributed by atoms with E-state index in [2.05, 4.69) is 85.2 Å². The molecule has 3 heteroatoms. The summed E-state index contributed by atoms with van der Waals surface area (Å²) in [6.07, 6.45) is 2.36. The van der Waals surface area contributed by atoms with E-state index in [0.29, 0.717) is 0 Å². The highest BCUT2D eigenvalue weighted by Crippen LogP contribution is 2.44. The van der Waals surface area contributed by atoms with Crippen LogP contribution in [0.4, 0.5) is 0 Å². The molecule has 1 saturated heterocycles. The maximum absolute atomic E-state index is 6.28. The van der Waals surface area contributed by atoms with E-state index < -0.39 is 8.32 Å². The fourth-order valence-electron chi connectivity index (χ4n) is 3.57. The average Bonchev–Trinajstić information content (AvgIpc) is 2.99. The van der Waals surface area contributed by atoms with Crippen LogP contribution in [0.2, 0.25) is 19.6 Å². The number of hydrogen-bond donors (Lipinski definition) is 0. The quantitative estimate of drug-likeness (QED) is 0.730. The predicted molar refractivity (Wildman–Crippen MR) is 98.9 cm³/mol. The molecule has 122 valence electrons. The SMILES string of the molecule is C[Si](C)(C)OCN1CCCC1(c1ccccc1)c1ccccc1. The molecule has 0 saturated carbocycles. The van der Waals surface area contributed by atoms with E-state index in [1.54, 1.807) is 0 Å². The molecular formula is C20H27NOSi. The van der Waals surface area contributed by atoms with Crippen LogP contribution in [0, 0.1) is 0 Å². The second kappa shape index (κ2) is 6.60. The molecule has 0 amide bonds. The van der Waals surface area contributed by atoms with E-state index in [-0.39, 0.29) is 5.54 Å². The van der Waals surface area contributed by atoms with Crippen molar-refractivity contribution < 1.29 is 4.43 Å². The standard InChI is InChI=1S/C20H27NOSi/c1-23(2,3)22-17-21-16-10-15-20(21,18-11-6-4-7-12-18)19-13-8-5-9-14-19/h4-9,11-14H,10,15-17H2,1-3H3. The molecule has 1 aliphatic heterocycles. The summed E-state index contributed by atoms with van der Waals surface area (Å²) in [5, 5.41) is 0. The van der Waals surface area contributed by atoms with Crippen LogP contribution in [0.15, 0.2) is 60.7 Å². The lowest BCUT2D eigenvalue weighted by Gasteiger charge is -2.40. The van der Waals surface area contributed by atoms with Gasteiger partial charge in [-0.25, -0.2) is 0 Å². The summed E-state index contributed by atoms with van der Waals surface area (Å²) in [5.41, 5.74) is 2.70. The van der Waals surface area contributed by atoms with Gasteiger partial charge in [0.1, 0.15) is 0 Å². The monoisotopic (exact) mass is 325 g/mol. The molecule has 3 rings (SSSR count). The molecule has 0 spiro atoms. The molecule has 0 radical (unpaired) electrons. The van der Waals surface area contributed by atoms with Gasteiger partial charge in [-0.05, 0) is 43.6 Å². The predicted octanol–water partition coefficient (Wildman–Crippen LogP) is 4.84. The smallest absolute Gasteiger partial charge is 0.185 e. The highest BCUT2D eigenvalue weighted by atomic mass is 28.4. The molecule has 0 bridgehead atoms. The van der Waals surface area contributed by atoms with Gasteiger partial charge < -0.3 is 4.43 Å². The Morgan fingerprint density at radius 3 is 1.91 bits per heavy atom. The Morgan fingerprint density at radius 1 is 0.913 bits per heavy atom. The first-order valence-corrected chi connectivity index (χ1v) is 11.9. The summed E-state index contributed by atoms with van der Waals surface area (Å²) in [5.74, 6) is 0. The molecule has 2 aromatic carbocycles. The molecule has 2 aromatic rings. The molecule has 23 heavy (non-hydrogen) atoms. The van der Waals surface area contributed by atoms with Gasteiger partial charge in [0.15, 0.2) is 8.32 Å². The molecule has 0 aromatic heterocycles. The summed E-state index contributed by atoms with van der Waals surface area (Å²) >= 11 is 0. The van der Waals surface area contributed by atoms with Crippen LogP contribution >= 0.6 is 0 Å². The van der Waals surface area contributed by atoms with Gasteiger partial charge in [0.25, 0.3) is 0 Å². The van der Waals surface area contributed by atoms with Crippen molar-refractivity contribution >= 4 is 8.32 Å². The van der Waals surface area contributed by atoms with Crippen molar-refractivity contribution in [3.63, 3.8) is 0 Å². The lowest BCUT2D eigenvalue weighted by atomic mass is 9.81. The second-order valence-corrected chi connectivity index (χ2v) is 11.9. The molecule has 1 aliphatic rings. The molecule has 2 nitrogen and oxygen atoms in total. The highest BCUT2D eigenvalue weighted by molar-refractivity contribution is 6.69. The third-order valence-electron chi connectivity index (χ3n) is 4.66. The largest absolute Gasteiger partial charge is 0.405 e. The summed E-state index contributed by atoms with van der Waals surface area (Å²) < 4.78 is 6.28. The van der Waals surface area contributed by atoms with Crippen molar-refractivity contribution in [1.82, 2.24) is 4.90 Å². The van der Waals surface area contributed by atoms with Crippen molar-refractivity contribution in [1.29, 1.82) is 0 Å². The summed E-state index contributed by atoms with van der Waals surface area (Å²) in [4.78, 5) is 2.54. The Bertz CT molecular complexity index is 582. The van der Waals surface area contributed by atoms with Gasteiger partial charge in [-0.2, -0.15) is 0 Å². The van der Waals surface area contributed by atoms with Crippen molar-refractivity contribution in [2.45, 2.75) is 38.0 Å². The number of benzene rings is 2. The minimum Gasteiger partial charge on any atom is -0.405 e. The molecule has 0 atom stereocenters. The first-order valence-electron chi connectivity index (χ1n) is 8.52. The van der Waals surface area contributed by atoms with Crippen LogP contribution in [-0.4, -0.2) is 26.5 Å². The fourth-order valence-corrected chi connectivity index (χ4v) is 4.11.